The summed E-state index contributed by atoms with van der Waals surface area (Å²) in [6.45, 7) is 6.78. The second kappa shape index (κ2) is 9.67. The molecule has 2 aromatic rings. The average molecular weight is 409 g/mol. The van der Waals surface area contributed by atoms with Crippen LogP contribution in [0.15, 0.2) is 48.8 Å². The van der Waals surface area contributed by atoms with E-state index >= 15 is 0 Å². The van der Waals surface area contributed by atoms with Crippen LogP contribution in [-0.2, 0) is 4.79 Å². The van der Waals surface area contributed by atoms with Gasteiger partial charge in [-0.2, -0.15) is 0 Å². The first kappa shape index (κ1) is 20.3. The van der Waals surface area contributed by atoms with Crippen molar-refractivity contribution in [2.75, 3.05) is 63.8 Å². The number of hydrogen-bond donors (Lipinski definition) is 0. The normalized spacial score (nSPS) is 17.8. The Balaban J connectivity index is 1.17. The summed E-state index contributed by atoms with van der Waals surface area (Å²) in [5.74, 6) is 1.17. The van der Waals surface area contributed by atoms with Crippen LogP contribution >= 0.6 is 0 Å². The summed E-state index contributed by atoms with van der Waals surface area (Å²) in [5.41, 5.74) is 0.492. The molecule has 2 amide bonds. The zero-order chi connectivity index (χ0) is 20.8. The van der Waals surface area contributed by atoms with E-state index in [0.29, 0.717) is 25.2 Å². The summed E-state index contributed by atoms with van der Waals surface area (Å²) in [6.07, 6.45) is 3.97. The molecule has 0 unspecified atom stereocenters. The lowest BCUT2D eigenvalue weighted by Gasteiger charge is -2.37. The van der Waals surface area contributed by atoms with Crippen LogP contribution in [0.1, 0.15) is 16.9 Å². The number of anilines is 1. The molecule has 30 heavy (non-hydrogen) atoms. The van der Waals surface area contributed by atoms with Gasteiger partial charge in [0.15, 0.2) is 0 Å². The van der Waals surface area contributed by atoms with Crippen LogP contribution in [0.3, 0.4) is 0 Å². The number of rotatable bonds is 5. The standard InChI is InChI=1S/C22H28N6O2/c29-21(27-17-15-26(16-18-27)20-6-2-4-9-24-20)7-10-25-11-13-28(14-12-25)22(30)19-5-1-3-8-23-19/h1-6,8-9H,7,10-18H2. The number of carbonyl (C=O) groups excluding carboxylic acids is 2. The molecule has 158 valence electrons. The number of amides is 2. The maximum Gasteiger partial charge on any atom is 0.272 e. The van der Waals surface area contributed by atoms with Crippen LogP contribution in [0, 0.1) is 0 Å². The summed E-state index contributed by atoms with van der Waals surface area (Å²) in [7, 11) is 0. The number of aromatic nitrogens is 2. The van der Waals surface area contributed by atoms with Gasteiger partial charge in [0, 0.05) is 77.7 Å². The van der Waals surface area contributed by atoms with Crippen molar-refractivity contribution in [2.24, 2.45) is 0 Å². The Bertz CT molecular complexity index is 831. The van der Waals surface area contributed by atoms with Crippen molar-refractivity contribution >= 4 is 17.6 Å². The van der Waals surface area contributed by atoms with E-state index in [1.165, 1.54) is 0 Å². The fourth-order valence-corrected chi connectivity index (χ4v) is 3.96. The Hall–Kier alpha value is -3.00. The smallest absolute Gasteiger partial charge is 0.272 e. The van der Waals surface area contributed by atoms with E-state index < -0.39 is 0 Å². The monoisotopic (exact) mass is 408 g/mol. The molecule has 0 aromatic carbocycles. The van der Waals surface area contributed by atoms with Crippen molar-refractivity contribution in [2.45, 2.75) is 6.42 Å². The van der Waals surface area contributed by atoms with Crippen LogP contribution < -0.4 is 4.90 Å². The van der Waals surface area contributed by atoms with Crippen molar-refractivity contribution in [3.05, 3.63) is 54.5 Å². The third-order valence-corrected chi connectivity index (χ3v) is 5.79. The topological polar surface area (TPSA) is 72.9 Å². The minimum atomic E-state index is -0.0166. The van der Waals surface area contributed by atoms with Crippen molar-refractivity contribution < 1.29 is 9.59 Å². The molecular formula is C22H28N6O2. The minimum Gasteiger partial charge on any atom is -0.353 e. The highest BCUT2D eigenvalue weighted by molar-refractivity contribution is 5.92. The third-order valence-electron chi connectivity index (χ3n) is 5.79. The summed E-state index contributed by atoms with van der Waals surface area (Å²) < 4.78 is 0. The summed E-state index contributed by atoms with van der Waals surface area (Å²) in [6, 6.07) is 11.3. The maximum atomic E-state index is 12.6. The molecule has 2 aliphatic heterocycles. The lowest BCUT2D eigenvalue weighted by molar-refractivity contribution is -0.131. The minimum absolute atomic E-state index is 0.0166. The first-order valence-corrected chi connectivity index (χ1v) is 10.6. The van der Waals surface area contributed by atoms with Gasteiger partial charge in [0.05, 0.1) is 0 Å². The van der Waals surface area contributed by atoms with Gasteiger partial charge in [-0.3, -0.25) is 19.5 Å². The molecule has 0 aliphatic carbocycles. The van der Waals surface area contributed by atoms with Gasteiger partial charge in [0.1, 0.15) is 11.5 Å². The average Bonchev–Trinajstić information content (AvgIpc) is 2.83. The van der Waals surface area contributed by atoms with Crippen molar-refractivity contribution in [1.82, 2.24) is 24.7 Å². The van der Waals surface area contributed by atoms with Gasteiger partial charge in [-0.25, -0.2) is 4.98 Å². The maximum absolute atomic E-state index is 12.6. The predicted octanol–water partition coefficient (Wildman–Crippen LogP) is 0.973. The first-order valence-electron chi connectivity index (χ1n) is 10.6. The van der Waals surface area contributed by atoms with E-state index in [4.69, 9.17) is 0 Å². The van der Waals surface area contributed by atoms with Crippen LogP contribution in [0.4, 0.5) is 5.82 Å². The van der Waals surface area contributed by atoms with E-state index in [1.807, 2.05) is 40.1 Å². The highest BCUT2D eigenvalue weighted by atomic mass is 16.2. The molecule has 8 heteroatoms. The lowest BCUT2D eigenvalue weighted by Crippen LogP contribution is -2.51. The van der Waals surface area contributed by atoms with Crippen LogP contribution in [0.25, 0.3) is 0 Å². The molecule has 0 bridgehead atoms. The number of pyridine rings is 2. The highest BCUT2D eigenvalue weighted by Crippen LogP contribution is 2.13. The zero-order valence-corrected chi connectivity index (χ0v) is 17.2. The van der Waals surface area contributed by atoms with E-state index in [1.54, 1.807) is 18.5 Å². The van der Waals surface area contributed by atoms with Gasteiger partial charge in [-0.05, 0) is 24.3 Å². The Morgan fingerprint density at radius 3 is 2.07 bits per heavy atom. The van der Waals surface area contributed by atoms with Gasteiger partial charge in [0.2, 0.25) is 5.91 Å². The molecule has 2 aromatic heterocycles. The quantitative estimate of drug-likeness (QED) is 0.734. The second-order valence-electron chi connectivity index (χ2n) is 7.65. The SMILES string of the molecule is O=C(CCN1CCN(C(=O)c2ccccn2)CC1)N1CCN(c2ccccn2)CC1. The second-order valence-corrected chi connectivity index (χ2v) is 7.65. The fraction of sp³-hybridized carbons (Fsp3) is 0.455. The fourth-order valence-electron chi connectivity index (χ4n) is 3.96. The molecule has 8 nitrogen and oxygen atoms in total. The molecule has 0 spiro atoms. The van der Waals surface area contributed by atoms with E-state index in [9.17, 15) is 9.59 Å². The van der Waals surface area contributed by atoms with Crippen molar-refractivity contribution in [3.8, 4) is 0 Å². The van der Waals surface area contributed by atoms with Crippen LogP contribution in [0.5, 0.6) is 0 Å². The van der Waals surface area contributed by atoms with Crippen molar-refractivity contribution in [1.29, 1.82) is 0 Å². The van der Waals surface area contributed by atoms with E-state index in [-0.39, 0.29) is 11.8 Å². The molecule has 0 N–H and O–H groups in total. The summed E-state index contributed by atoms with van der Waals surface area (Å²) in [5, 5.41) is 0. The largest absolute Gasteiger partial charge is 0.353 e. The molecule has 0 atom stereocenters. The number of piperazine rings is 2. The van der Waals surface area contributed by atoms with Gasteiger partial charge in [-0.15, -0.1) is 0 Å². The lowest BCUT2D eigenvalue weighted by atomic mass is 10.2. The number of carbonyl (C=O) groups is 2. The third kappa shape index (κ3) is 4.94. The summed E-state index contributed by atoms with van der Waals surface area (Å²) >= 11 is 0. The van der Waals surface area contributed by atoms with Gasteiger partial charge >= 0.3 is 0 Å². The summed E-state index contributed by atoms with van der Waals surface area (Å²) in [4.78, 5) is 42.0. The van der Waals surface area contributed by atoms with Gasteiger partial charge in [0.25, 0.3) is 5.91 Å². The highest BCUT2D eigenvalue weighted by Gasteiger charge is 2.25. The Labute approximate surface area is 177 Å². The molecular weight excluding hydrogens is 380 g/mol. The Kier molecular flexibility index (Phi) is 6.53. The molecule has 4 heterocycles. The Morgan fingerprint density at radius 2 is 1.43 bits per heavy atom. The molecule has 2 aliphatic rings. The molecule has 4 rings (SSSR count). The molecule has 2 fully saturated rings. The molecule has 0 saturated carbocycles. The predicted molar refractivity (Wildman–Crippen MR) is 114 cm³/mol. The number of hydrogen-bond acceptors (Lipinski definition) is 6. The van der Waals surface area contributed by atoms with E-state index in [2.05, 4.69) is 19.8 Å². The van der Waals surface area contributed by atoms with Crippen LogP contribution in [-0.4, -0.2) is 95.4 Å². The number of nitrogens with zero attached hydrogens (tertiary/aromatic N) is 6. The van der Waals surface area contributed by atoms with Gasteiger partial charge in [-0.1, -0.05) is 12.1 Å². The van der Waals surface area contributed by atoms with Gasteiger partial charge < -0.3 is 14.7 Å². The van der Waals surface area contributed by atoms with Crippen LogP contribution in [0.2, 0.25) is 0 Å². The van der Waals surface area contributed by atoms with E-state index in [0.717, 1.165) is 51.6 Å². The first-order chi connectivity index (χ1) is 14.7. The zero-order valence-electron chi connectivity index (χ0n) is 17.2. The molecule has 0 radical (unpaired) electrons. The van der Waals surface area contributed by atoms with Crippen molar-refractivity contribution in [3.63, 3.8) is 0 Å². The Morgan fingerprint density at radius 1 is 0.767 bits per heavy atom. The molecule has 2 saturated heterocycles.